The van der Waals surface area contributed by atoms with Gasteiger partial charge in [0, 0.05) is 46.8 Å². The van der Waals surface area contributed by atoms with Crippen LogP contribution in [-0.2, 0) is 7.05 Å². The first-order chi connectivity index (χ1) is 14.6. The molecule has 0 N–H and O–H groups in total. The van der Waals surface area contributed by atoms with Crippen LogP contribution in [0.1, 0.15) is 11.1 Å². The number of hydrogen-bond acceptors (Lipinski definition) is 5. The Kier molecular flexibility index (Phi) is 4.07. The molecule has 0 amide bonds. The number of fused-ring (bicyclic) bond motifs is 3. The second-order valence-electron chi connectivity index (χ2n) is 7.02. The van der Waals surface area contributed by atoms with E-state index in [9.17, 15) is 4.39 Å². The van der Waals surface area contributed by atoms with Crippen molar-refractivity contribution in [2.45, 2.75) is 0 Å². The van der Waals surface area contributed by atoms with Gasteiger partial charge in [0.05, 0.1) is 42.5 Å². The monoisotopic (exact) mass is 397 g/mol. The molecule has 0 aliphatic carbocycles. The molecule has 4 aromatic rings. The molecule has 30 heavy (non-hydrogen) atoms. The quantitative estimate of drug-likeness (QED) is 0.517. The maximum Gasteiger partial charge on any atom is 0.134 e. The summed E-state index contributed by atoms with van der Waals surface area (Å²) in [6.07, 6.45) is 5.58. The van der Waals surface area contributed by atoms with E-state index in [1.807, 2.05) is 30.5 Å². The summed E-state index contributed by atoms with van der Waals surface area (Å²) in [5.41, 5.74) is 4.49. The number of nitriles is 1. The lowest BCUT2D eigenvalue weighted by atomic mass is 9.98. The number of nitrogens with zero attached hydrogens (tertiary/aromatic N) is 5. The van der Waals surface area contributed by atoms with Crippen molar-refractivity contribution in [2.24, 2.45) is 12.0 Å². The maximum absolute atomic E-state index is 14.8. The molecule has 3 heterocycles. The van der Waals surface area contributed by atoms with Crippen LogP contribution in [0.25, 0.3) is 38.6 Å². The fraction of sp³-hybridized carbons (Fsp3) is 0.130. The number of ether oxygens (including phenoxy) is 1. The lowest BCUT2D eigenvalue weighted by Crippen LogP contribution is -1.94. The summed E-state index contributed by atoms with van der Waals surface area (Å²) in [6.45, 7) is 0.633. The van der Waals surface area contributed by atoms with Crippen LogP contribution in [0.4, 0.5) is 4.39 Å². The number of rotatable bonds is 3. The number of hydrogen-bond donors (Lipinski definition) is 0. The predicted molar refractivity (Wildman–Crippen MR) is 114 cm³/mol. The molecule has 2 aromatic heterocycles. The largest absolute Gasteiger partial charge is 0.496 e. The molecule has 0 saturated heterocycles. The lowest BCUT2D eigenvalue weighted by molar-refractivity contribution is 0.414. The van der Waals surface area contributed by atoms with E-state index in [0.29, 0.717) is 23.6 Å². The summed E-state index contributed by atoms with van der Waals surface area (Å²) >= 11 is 0. The molecule has 5 rings (SSSR count). The summed E-state index contributed by atoms with van der Waals surface area (Å²) in [7, 11) is 3.43. The zero-order valence-electron chi connectivity index (χ0n) is 16.3. The molecule has 0 spiro atoms. The Hall–Kier alpha value is -4.05. The fourth-order valence-electron chi connectivity index (χ4n) is 3.85. The highest BCUT2D eigenvalue weighted by Gasteiger charge is 2.20. The Bertz CT molecular complexity index is 1440. The van der Waals surface area contributed by atoms with E-state index in [1.165, 1.54) is 6.07 Å². The molecule has 0 saturated carbocycles. The van der Waals surface area contributed by atoms with Crippen molar-refractivity contribution in [3.05, 3.63) is 59.5 Å². The van der Waals surface area contributed by atoms with Crippen molar-refractivity contribution in [3.8, 4) is 23.1 Å². The van der Waals surface area contributed by atoms with Gasteiger partial charge in [-0.2, -0.15) is 10.4 Å². The van der Waals surface area contributed by atoms with Crippen molar-refractivity contribution in [1.29, 1.82) is 5.26 Å². The highest BCUT2D eigenvalue weighted by molar-refractivity contribution is 6.17. The SMILES string of the molecule is COc1cc2ncc3c(c(-c4ccc(C#N)cc4F)nn3C)c2cc1C1=CCN=C1. The number of aliphatic imine (C=N–C) groups is 1. The number of benzene rings is 2. The van der Waals surface area contributed by atoms with Crippen LogP contribution in [-0.4, -0.2) is 34.6 Å². The number of allylic oxidation sites excluding steroid dienone is 1. The number of aryl methyl sites for hydroxylation is 1. The highest BCUT2D eigenvalue weighted by atomic mass is 19.1. The summed E-state index contributed by atoms with van der Waals surface area (Å²) in [5, 5.41) is 15.3. The molecular weight excluding hydrogens is 381 g/mol. The minimum atomic E-state index is -0.488. The summed E-state index contributed by atoms with van der Waals surface area (Å²) in [6, 6.07) is 10.3. The highest BCUT2D eigenvalue weighted by Crippen LogP contribution is 2.38. The van der Waals surface area contributed by atoms with Crippen molar-refractivity contribution in [3.63, 3.8) is 0 Å². The first-order valence-corrected chi connectivity index (χ1v) is 9.34. The molecule has 0 radical (unpaired) electrons. The van der Waals surface area contributed by atoms with Crippen LogP contribution in [0.3, 0.4) is 0 Å². The Balaban J connectivity index is 1.86. The van der Waals surface area contributed by atoms with Gasteiger partial charge in [0.2, 0.25) is 0 Å². The third-order valence-electron chi connectivity index (χ3n) is 5.32. The Morgan fingerprint density at radius 3 is 2.77 bits per heavy atom. The Labute approximate surface area is 171 Å². The second kappa shape index (κ2) is 6.78. The van der Waals surface area contributed by atoms with Crippen LogP contribution in [0, 0.1) is 17.1 Å². The van der Waals surface area contributed by atoms with Gasteiger partial charge in [-0.05, 0) is 24.3 Å². The minimum absolute atomic E-state index is 0.266. The molecule has 146 valence electrons. The van der Waals surface area contributed by atoms with Gasteiger partial charge >= 0.3 is 0 Å². The topological polar surface area (TPSA) is 76.1 Å². The van der Waals surface area contributed by atoms with Crippen molar-refractivity contribution >= 4 is 33.6 Å². The van der Waals surface area contributed by atoms with E-state index in [4.69, 9.17) is 10.00 Å². The smallest absolute Gasteiger partial charge is 0.134 e. The molecule has 6 nitrogen and oxygen atoms in total. The lowest BCUT2D eigenvalue weighted by Gasteiger charge is -2.11. The average Bonchev–Trinajstić information content (AvgIpc) is 3.41. The van der Waals surface area contributed by atoms with E-state index in [1.54, 1.807) is 37.2 Å². The molecule has 1 aliphatic rings. The summed E-state index contributed by atoms with van der Waals surface area (Å²) < 4.78 is 22.1. The van der Waals surface area contributed by atoms with Gasteiger partial charge in [-0.1, -0.05) is 6.08 Å². The number of aromatic nitrogens is 3. The van der Waals surface area contributed by atoms with Crippen LogP contribution < -0.4 is 4.74 Å². The number of pyridine rings is 1. The number of methoxy groups -OCH3 is 1. The third-order valence-corrected chi connectivity index (χ3v) is 5.32. The van der Waals surface area contributed by atoms with Crippen LogP contribution in [0.5, 0.6) is 5.75 Å². The zero-order valence-corrected chi connectivity index (χ0v) is 16.3. The summed E-state index contributed by atoms with van der Waals surface area (Å²) in [4.78, 5) is 8.85. The standard InChI is InChI=1S/C23H16FN5O/c1-29-20-12-27-19-9-21(30-2)16(14-5-6-26-11-14)8-17(19)22(20)23(28-29)15-4-3-13(10-25)7-18(15)24/h3-5,7-9,11-12H,6H2,1-2H3. The average molecular weight is 397 g/mol. The second-order valence-corrected chi connectivity index (χ2v) is 7.02. The third kappa shape index (κ3) is 2.65. The molecule has 1 aliphatic heterocycles. The van der Waals surface area contributed by atoms with Crippen molar-refractivity contribution in [2.75, 3.05) is 13.7 Å². The van der Waals surface area contributed by atoms with Crippen molar-refractivity contribution in [1.82, 2.24) is 14.8 Å². The molecule has 0 atom stereocenters. The van der Waals surface area contributed by atoms with E-state index in [2.05, 4.69) is 15.1 Å². The first kappa shape index (κ1) is 18.0. The van der Waals surface area contributed by atoms with E-state index < -0.39 is 5.82 Å². The van der Waals surface area contributed by atoms with Gasteiger partial charge in [-0.25, -0.2) is 4.39 Å². The first-order valence-electron chi connectivity index (χ1n) is 9.34. The molecule has 0 unspecified atom stereocenters. The minimum Gasteiger partial charge on any atom is -0.496 e. The Morgan fingerprint density at radius 1 is 1.20 bits per heavy atom. The molecule has 2 aromatic carbocycles. The van der Waals surface area contributed by atoms with E-state index in [-0.39, 0.29) is 5.56 Å². The van der Waals surface area contributed by atoms with Gasteiger partial charge in [0.15, 0.2) is 0 Å². The van der Waals surface area contributed by atoms with Gasteiger partial charge in [0.1, 0.15) is 17.3 Å². The van der Waals surface area contributed by atoms with Crippen LogP contribution in [0.2, 0.25) is 0 Å². The predicted octanol–water partition coefficient (Wildman–Crippen LogP) is 4.28. The van der Waals surface area contributed by atoms with Gasteiger partial charge in [0.25, 0.3) is 0 Å². The molecular formula is C23H16FN5O. The molecule has 7 heteroatoms. The normalized spacial score (nSPS) is 13.1. The molecule has 0 fully saturated rings. The van der Waals surface area contributed by atoms with E-state index in [0.717, 1.165) is 32.9 Å². The van der Waals surface area contributed by atoms with Gasteiger partial charge in [-0.15, -0.1) is 0 Å². The van der Waals surface area contributed by atoms with E-state index >= 15 is 0 Å². The Morgan fingerprint density at radius 2 is 2.07 bits per heavy atom. The summed E-state index contributed by atoms with van der Waals surface area (Å²) in [5.74, 6) is 0.210. The van der Waals surface area contributed by atoms with Crippen molar-refractivity contribution < 1.29 is 9.13 Å². The maximum atomic E-state index is 14.8. The van der Waals surface area contributed by atoms with Gasteiger partial charge in [-0.3, -0.25) is 14.7 Å². The van der Waals surface area contributed by atoms with Crippen LogP contribution in [0.15, 0.2) is 47.6 Å². The number of halogens is 1. The van der Waals surface area contributed by atoms with Crippen LogP contribution >= 0.6 is 0 Å². The zero-order chi connectivity index (χ0) is 20.8. The molecule has 0 bridgehead atoms. The van der Waals surface area contributed by atoms with Gasteiger partial charge < -0.3 is 4.74 Å². The fourth-order valence-corrected chi connectivity index (χ4v) is 3.85.